The van der Waals surface area contributed by atoms with Crippen LogP contribution in [0.15, 0.2) is 41.4 Å². The van der Waals surface area contributed by atoms with E-state index in [1.54, 1.807) is 14.0 Å². The largest absolute Gasteiger partial charge is 0.480 e. The molecule has 0 amide bonds. The average Bonchev–Trinajstić information content (AvgIpc) is 2.78. The van der Waals surface area contributed by atoms with Crippen LogP contribution in [0.1, 0.15) is 17.2 Å². The third kappa shape index (κ3) is 2.43. The van der Waals surface area contributed by atoms with Crippen molar-refractivity contribution in [3.63, 3.8) is 0 Å². The normalized spacial score (nSPS) is 21.8. The van der Waals surface area contributed by atoms with Gasteiger partial charge in [-0.25, -0.2) is 8.42 Å². The van der Waals surface area contributed by atoms with E-state index < -0.39 is 22.0 Å². The number of benzene rings is 1. The molecule has 0 bridgehead atoms. The minimum atomic E-state index is -3.88. The molecular formula is C15H17N3O4S. The van der Waals surface area contributed by atoms with Crippen LogP contribution in [0.4, 0.5) is 0 Å². The third-order valence-electron chi connectivity index (χ3n) is 4.33. The summed E-state index contributed by atoms with van der Waals surface area (Å²) < 4.78 is 28.0. The number of carbonyl (C=O) groups is 1. The van der Waals surface area contributed by atoms with E-state index in [4.69, 9.17) is 0 Å². The van der Waals surface area contributed by atoms with Gasteiger partial charge in [0.15, 0.2) is 0 Å². The lowest BCUT2D eigenvalue weighted by Crippen LogP contribution is -2.60. The number of sulfonamides is 1. The van der Waals surface area contributed by atoms with Gasteiger partial charge in [-0.15, -0.1) is 0 Å². The molecule has 1 aliphatic rings. The molecule has 1 aromatic heterocycles. The van der Waals surface area contributed by atoms with Gasteiger partial charge in [-0.3, -0.25) is 9.48 Å². The fraction of sp³-hybridized carbons (Fsp3) is 0.333. The lowest BCUT2D eigenvalue weighted by atomic mass is 9.85. The Balaban J connectivity index is 1.95. The van der Waals surface area contributed by atoms with Crippen LogP contribution >= 0.6 is 0 Å². The van der Waals surface area contributed by atoms with E-state index in [1.807, 2.05) is 30.3 Å². The monoisotopic (exact) mass is 335 g/mol. The highest BCUT2D eigenvalue weighted by Crippen LogP contribution is 2.38. The van der Waals surface area contributed by atoms with Crippen molar-refractivity contribution < 1.29 is 18.3 Å². The van der Waals surface area contributed by atoms with E-state index in [0.717, 1.165) is 9.87 Å². The zero-order valence-electron chi connectivity index (χ0n) is 12.7. The molecule has 3 rings (SSSR count). The van der Waals surface area contributed by atoms with Crippen LogP contribution in [-0.2, 0) is 21.9 Å². The van der Waals surface area contributed by atoms with Gasteiger partial charge in [-0.1, -0.05) is 30.3 Å². The summed E-state index contributed by atoms with van der Waals surface area (Å²) in [4.78, 5) is 11.7. The van der Waals surface area contributed by atoms with Gasteiger partial charge < -0.3 is 5.11 Å². The van der Waals surface area contributed by atoms with Crippen molar-refractivity contribution in [2.24, 2.45) is 7.05 Å². The molecule has 1 aliphatic heterocycles. The predicted octanol–water partition coefficient (Wildman–Crippen LogP) is 0.970. The summed E-state index contributed by atoms with van der Waals surface area (Å²) in [5.74, 6) is -1.49. The van der Waals surface area contributed by atoms with Crippen molar-refractivity contribution in [3.8, 4) is 0 Å². The smallest absolute Gasteiger partial charge is 0.322 e. The van der Waals surface area contributed by atoms with E-state index in [-0.39, 0.29) is 17.4 Å². The maximum atomic E-state index is 12.7. The number of carboxylic acids is 1. The highest BCUT2D eigenvalue weighted by atomic mass is 32.2. The number of aryl methyl sites for hydroxylation is 1. The molecule has 23 heavy (non-hydrogen) atoms. The summed E-state index contributed by atoms with van der Waals surface area (Å²) in [6.45, 7) is 1.79. The lowest BCUT2D eigenvalue weighted by Gasteiger charge is -2.44. The summed E-state index contributed by atoms with van der Waals surface area (Å²) in [6.07, 6.45) is 1.26. The zero-order valence-corrected chi connectivity index (χ0v) is 13.6. The molecule has 7 nitrogen and oxygen atoms in total. The Labute approximate surface area is 134 Å². The molecule has 122 valence electrons. The van der Waals surface area contributed by atoms with Crippen molar-refractivity contribution in [1.82, 2.24) is 14.1 Å². The number of nitrogens with zero attached hydrogens (tertiary/aromatic N) is 3. The molecule has 1 aromatic carbocycles. The zero-order chi connectivity index (χ0) is 16.8. The van der Waals surface area contributed by atoms with Crippen LogP contribution in [0, 0.1) is 6.92 Å². The second-order valence-electron chi connectivity index (χ2n) is 5.59. The summed E-state index contributed by atoms with van der Waals surface area (Å²) in [6, 6.07) is 8.01. The third-order valence-corrected chi connectivity index (χ3v) is 6.28. The topological polar surface area (TPSA) is 92.5 Å². The van der Waals surface area contributed by atoms with E-state index >= 15 is 0 Å². The summed E-state index contributed by atoms with van der Waals surface area (Å²) in [5.41, 5.74) is 1.31. The van der Waals surface area contributed by atoms with E-state index in [0.29, 0.717) is 5.69 Å². The quantitative estimate of drug-likeness (QED) is 0.899. The molecule has 0 spiro atoms. The lowest BCUT2D eigenvalue weighted by molar-refractivity contribution is -0.146. The molecule has 2 aromatic rings. The minimum Gasteiger partial charge on any atom is -0.480 e. The number of carboxylic acid groups (broad SMARTS) is 1. The molecule has 8 heteroatoms. The number of aliphatic carboxylic acids is 1. The van der Waals surface area contributed by atoms with E-state index in [1.165, 1.54) is 10.9 Å². The Hall–Kier alpha value is -2.19. The van der Waals surface area contributed by atoms with Gasteiger partial charge in [0, 0.05) is 19.5 Å². The van der Waals surface area contributed by atoms with Crippen molar-refractivity contribution in [1.29, 1.82) is 0 Å². The first-order valence-electron chi connectivity index (χ1n) is 7.12. The molecule has 1 fully saturated rings. The van der Waals surface area contributed by atoms with Crippen molar-refractivity contribution in [3.05, 3.63) is 47.8 Å². The molecule has 1 N–H and O–H groups in total. The Morgan fingerprint density at radius 1 is 1.30 bits per heavy atom. The Morgan fingerprint density at radius 2 is 1.96 bits per heavy atom. The Bertz CT molecular complexity index is 845. The maximum absolute atomic E-state index is 12.7. The molecular weight excluding hydrogens is 318 g/mol. The van der Waals surface area contributed by atoms with Gasteiger partial charge in [0.2, 0.25) is 10.0 Å². The molecule has 0 unspecified atom stereocenters. The number of rotatable bonds is 4. The van der Waals surface area contributed by atoms with E-state index in [9.17, 15) is 18.3 Å². The molecule has 2 heterocycles. The predicted molar refractivity (Wildman–Crippen MR) is 82.4 cm³/mol. The molecule has 0 radical (unpaired) electrons. The second kappa shape index (κ2) is 5.47. The van der Waals surface area contributed by atoms with Gasteiger partial charge in [0.1, 0.15) is 10.9 Å². The number of aromatic nitrogens is 2. The van der Waals surface area contributed by atoms with Gasteiger partial charge in [0.05, 0.1) is 11.9 Å². The first kappa shape index (κ1) is 15.7. The van der Waals surface area contributed by atoms with Crippen LogP contribution < -0.4 is 0 Å². The van der Waals surface area contributed by atoms with Gasteiger partial charge >= 0.3 is 5.97 Å². The van der Waals surface area contributed by atoms with E-state index in [2.05, 4.69) is 5.10 Å². The van der Waals surface area contributed by atoms with Crippen LogP contribution in [0.25, 0.3) is 0 Å². The van der Waals surface area contributed by atoms with Gasteiger partial charge in [-0.2, -0.15) is 9.40 Å². The molecule has 2 atom stereocenters. The average molecular weight is 335 g/mol. The fourth-order valence-corrected chi connectivity index (χ4v) is 4.69. The Kier molecular flexibility index (Phi) is 3.73. The van der Waals surface area contributed by atoms with Gasteiger partial charge in [-0.05, 0) is 12.5 Å². The summed E-state index contributed by atoms with van der Waals surface area (Å²) >= 11 is 0. The summed E-state index contributed by atoms with van der Waals surface area (Å²) in [5, 5.41) is 13.4. The van der Waals surface area contributed by atoms with Crippen LogP contribution in [0.2, 0.25) is 0 Å². The standard InChI is InChI=1S/C15H17N3O4S/c1-10-13(8-16-17(10)2)23(21,22)18-9-12(14(18)15(19)20)11-6-4-3-5-7-11/h3-8,12,14H,9H2,1-2H3,(H,19,20)/t12-,14+/m1/s1. The second-order valence-corrected chi connectivity index (χ2v) is 7.45. The first-order valence-corrected chi connectivity index (χ1v) is 8.56. The number of hydrogen-bond acceptors (Lipinski definition) is 4. The van der Waals surface area contributed by atoms with Crippen LogP contribution in [-0.4, -0.2) is 46.2 Å². The minimum absolute atomic E-state index is 0.0535. The highest BCUT2D eigenvalue weighted by molar-refractivity contribution is 7.89. The van der Waals surface area contributed by atoms with Crippen molar-refractivity contribution >= 4 is 16.0 Å². The molecule has 0 saturated carbocycles. The maximum Gasteiger partial charge on any atom is 0.322 e. The van der Waals surface area contributed by atoms with Crippen LogP contribution in [0.5, 0.6) is 0 Å². The molecule has 0 aliphatic carbocycles. The number of hydrogen-bond donors (Lipinski definition) is 1. The summed E-state index contributed by atoms with van der Waals surface area (Å²) in [7, 11) is -2.23. The van der Waals surface area contributed by atoms with Gasteiger partial charge in [0.25, 0.3) is 0 Å². The van der Waals surface area contributed by atoms with Crippen molar-refractivity contribution in [2.75, 3.05) is 6.54 Å². The Morgan fingerprint density at radius 3 is 2.48 bits per heavy atom. The van der Waals surface area contributed by atoms with Crippen LogP contribution in [0.3, 0.4) is 0 Å². The highest BCUT2D eigenvalue weighted by Gasteiger charge is 2.51. The van der Waals surface area contributed by atoms with Crippen molar-refractivity contribution in [2.45, 2.75) is 23.8 Å². The SMILES string of the molecule is Cc1c(S(=O)(=O)N2C[C@H](c3ccccc3)[C@H]2C(=O)O)cnn1C. The first-order chi connectivity index (χ1) is 10.8. The fourth-order valence-electron chi connectivity index (χ4n) is 2.86. The molecule has 1 saturated heterocycles.